The van der Waals surface area contributed by atoms with Crippen LogP contribution in [0.4, 0.5) is 17.6 Å². The number of halogens is 1. The third kappa shape index (κ3) is 3.65. The summed E-state index contributed by atoms with van der Waals surface area (Å²) in [5.41, 5.74) is 17.3. The van der Waals surface area contributed by atoms with E-state index in [0.29, 0.717) is 17.0 Å². The van der Waals surface area contributed by atoms with Crippen LogP contribution in [0, 0.1) is 0 Å². The Hall–Kier alpha value is -4.25. The van der Waals surface area contributed by atoms with Gasteiger partial charge in [-0.15, -0.1) is 0 Å². The molecule has 0 aliphatic carbocycles. The SMILES string of the molecule is CC(Nc1nc(N)nc(N)c1C(N)=O)c1nc2cccc(Cl)c2c(=O)n1-c1cccnc1. The molecule has 3 aromatic heterocycles. The summed E-state index contributed by atoms with van der Waals surface area (Å²) in [5.74, 6) is -0.815. The second kappa shape index (κ2) is 8.12. The maximum absolute atomic E-state index is 13.5. The lowest BCUT2D eigenvalue weighted by atomic mass is 10.2. The van der Waals surface area contributed by atoms with Crippen LogP contribution in [0.3, 0.4) is 0 Å². The van der Waals surface area contributed by atoms with Gasteiger partial charge in [0.15, 0.2) is 0 Å². The number of benzene rings is 1. The summed E-state index contributed by atoms with van der Waals surface area (Å²) >= 11 is 6.29. The van der Waals surface area contributed by atoms with Crippen molar-refractivity contribution in [2.24, 2.45) is 5.73 Å². The molecule has 32 heavy (non-hydrogen) atoms. The van der Waals surface area contributed by atoms with Gasteiger partial charge in [0.25, 0.3) is 11.5 Å². The van der Waals surface area contributed by atoms with Crippen LogP contribution in [0.2, 0.25) is 5.02 Å². The number of carbonyl (C=O) groups is 1. The highest BCUT2D eigenvalue weighted by Gasteiger charge is 2.23. The van der Waals surface area contributed by atoms with Crippen molar-refractivity contribution in [1.82, 2.24) is 24.5 Å². The second-order valence-corrected chi connectivity index (χ2v) is 7.28. The molecule has 4 rings (SSSR count). The third-order valence-electron chi connectivity index (χ3n) is 4.72. The number of anilines is 3. The number of primary amides is 1. The molecule has 0 radical (unpaired) electrons. The summed E-state index contributed by atoms with van der Waals surface area (Å²) in [4.78, 5) is 41.9. The number of rotatable bonds is 5. The first-order valence-electron chi connectivity index (χ1n) is 9.38. The van der Waals surface area contributed by atoms with E-state index < -0.39 is 11.9 Å². The van der Waals surface area contributed by atoms with Crippen molar-refractivity contribution in [3.8, 4) is 5.69 Å². The van der Waals surface area contributed by atoms with E-state index in [1.54, 1.807) is 43.5 Å². The Morgan fingerprint density at radius 1 is 1.16 bits per heavy atom. The van der Waals surface area contributed by atoms with Crippen LogP contribution in [0.15, 0.2) is 47.5 Å². The smallest absolute Gasteiger partial charge is 0.267 e. The predicted octanol–water partition coefficient (Wildman–Crippen LogP) is 1.66. The summed E-state index contributed by atoms with van der Waals surface area (Å²) in [6.45, 7) is 1.73. The number of fused-ring (bicyclic) bond motifs is 1. The molecule has 11 nitrogen and oxygen atoms in total. The molecular weight excluding hydrogens is 434 g/mol. The van der Waals surface area contributed by atoms with Gasteiger partial charge in [0, 0.05) is 6.20 Å². The van der Waals surface area contributed by atoms with Crippen molar-refractivity contribution in [3.05, 3.63) is 69.5 Å². The van der Waals surface area contributed by atoms with E-state index in [1.807, 2.05) is 0 Å². The van der Waals surface area contributed by atoms with Crippen LogP contribution in [0.25, 0.3) is 16.6 Å². The fourth-order valence-corrected chi connectivity index (χ4v) is 3.60. The van der Waals surface area contributed by atoms with Gasteiger partial charge in [-0.1, -0.05) is 17.7 Å². The van der Waals surface area contributed by atoms with Gasteiger partial charge in [0.05, 0.1) is 33.9 Å². The minimum absolute atomic E-state index is 0.0215. The molecule has 1 aromatic carbocycles. The number of pyridine rings is 1. The number of hydrogen-bond donors (Lipinski definition) is 4. The number of amides is 1. The minimum Gasteiger partial charge on any atom is -0.383 e. The molecule has 1 amide bonds. The van der Waals surface area contributed by atoms with Gasteiger partial charge in [-0.25, -0.2) is 4.98 Å². The topological polar surface area (TPSA) is 181 Å². The average molecular weight is 452 g/mol. The number of carbonyl (C=O) groups excluding carboxylic acids is 1. The lowest BCUT2D eigenvalue weighted by Crippen LogP contribution is -2.28. The third-order valence-corrected chi connectivity index (χ3v) is 5.03. The van der Waals surface area contributed by atoms with Crippen LogP contribution < -0.4 is 28.1 Å². The lowest BCUT2D eigenvalue weighted by molar-refractivity contribution is 0.100. The van der Waals surface area contributed by atoms with E-state index >= 15 is 0 Å². The molecule has 12 heteroatoms. The highest BCUT2D eigenvalue weighted by Crippen LogP contribution is 2.26. The minimum atomic E-state index is -0.833. The number of hydrogen-bond acceptors (Lipinski definition) is 9. The molecule has 0 fully saturated rings. The molecule has 162 valence electrons. The molecule has 3 heterocycles. The summed E-state index contributed by atoms with van der Waals surface area (Å²) in [6, 6.07) is 7.75. The average Bonchev–Trinajstić information content (AvgIpc) is 2.73. The van der Waals surface area contributed by atoms with Crippen LogP contribution >= 0.6 is 11.6 Å². The van der Waals surface area contributed by atoms with Crippen molar-refractivity contribution in [1.29, 1.82) is 0 Å². The van der Waals surface area contributed by atoms with Gasteiger partial charge < -0.3 is 22.5 Å². The maximum atomic E-state index is 13.5. The number of aromatic nitrogens is 5. The standard InChI is InChI=1S/C20H18ClN9O2/c1-9(26-17-14(16(23)31)15(22)28-20(24)29-17)18-27-12-6-2-5-11(21)13(12)19(32)30(18)10-4-3-7-25-8-10/h2-9H,1H3,(H2,23,31)(H5,22,24,26,28,29). The van der Waals surface area contributed by atoms with Crippen LogP contribution in [0.1, 0.15) is 29.1 Å². The molecule has 0 aliphatic heterocycles. The van der Waals surface area contributed by atoms with E-state index in [1.165, 1.54) is 10.8 Å². The van der Waals surface area contributed by atoms with E-state index in [-0.39, 0.29) is 39.1 Å². The molecule has 4 aromatic rings. The summed E-state index contributed by atoms with van der Waals surface area (Å²) in [5, 5.41) is 3.56. The van der Waals surface area contributed by atoms with Crippen molar-refractivity contribution < 1.29 is 4.79 Å². The zero-order valence-corrected chi connectivity index (χ0v) is 17.5. The first-order chi connectivity index (χ1) is 15.3. The molecule has 0 saturated heterocycles. The maximum Gasteiger partial charge on any atom is 0.267 e. The first kappa shape index (κ1) is 21.0. The Labute approximate surface area is 186 Å². The van der Waals surface area contributed by atoms with Gasteiger partial charge >= 0.3 is 0 Å². The van der Waals surface area contributed by atoms with Crippen molar-refractivity contribution in [2.75, 3.05) is 16.8 Å². The normalized spacial score (nSPS) is 11.9. The Kier molecular flexibility index (Phi) is 5.33. The molecule has 0 aliphatic rings. The quantitative estimate of drug-likeness (QED) is 0.350. The number of nitrogens with one attached hydrogen (secondary N) is 1. The van der Waals surface area contributed by atoms with Crippen molar-refractivity contribution in [2.45, 2.75) is 13.0 Å². The fraction of sp³-hybridized carbons (Fsp3) is 0.100. The molecule has 0 bridgehead atoms. The highest BCUT2D eigenvalue weighted by molar-refractivity contribution is 6.35. The van der Waals surface area contributed by atoms with Crippen molar-refractivity contribution in [3.63, 3.8) is 0 Å². The van der Waals surface area contributed by atoms with Gasteiger partial charge in [-0.2, -0.15) is 9.97 Å². The van der Waals surface area contributed by atoms with Crippen molar-refractivity contribution >= 4 is 46.0 Å². The number of nitrogens with zero attached hydrogens (tertiary/aromatic N) is 5. The van der Waals surface area contributed by atoms with Gasteiger partial charge in [-0.3, -0.25) is 19.1 Å². The molecule has 1 unspecified atom stereocenters. The van der Waals surface area contributed by atoms with Gasteiger partial charge in [-0.05, 0) is 31.2 Å². The van der Waals surface area contributed by atoms with Gasteiger partial charge in [0.1, 0.15) is 23.0 Å². The first-order valence-corrected chi connectivity index (χ1v) is 9.76. The molecule has 0 saturated carbocycles. The Morgan fingerprint density at radius 2 is 1.94 bits per heavy atom. The lowest BCUT2D eigenvalue weighted by Gasteiger charge is -2.21. The van der Waals surface area contributed by atoms with Gasteiger partial charge in [0.2, 0.25) is 5.95 Å². The second-order valence-electron chi connectivity index (χ2n) is 6.88. The molecule has 7 N–H and O–H groups in total. The zero-order chi connectivity index (χ0) is 23.0. The molecule has 0 spiro atoms. The zero-order valence-electron chi connectivity index (χ0n) is 16.8. The van der Waals surface area contributed by atoms with Crippen LogP contribution in [0.5, 0.6) is 0 Å². The van der Waals surface area contributed by atoms with E-state index in [9.17, 15) is 9.59 Å². The fourth-order valence-electron chi connectivity index (χ4n) is 3.35. The molecule has 1 atom stereocenters. The molecular formula is C20H18ClN9O2. The Bertz CT molecular complexity index is 1410. The Balaban J connectivity index is 1.94. The summed E-state index contributed by atoms with van der Waals surface area (Å²) in [6.07, 6.45) is 3.11. The van der Waals surface area contributed by atoms with E-state index in [0.717, 1.165) is 0 Å². The van der Waals surface area contributed by atoms with Crippen LogP contribution in [-0.2, 0) is 0 Å². The van der Waals surface area contributed by atoms with Crippen LogP contribution in [-0.4, -0.2) is 30.4 Å². The monoisotopic (exact) mass is 451 g/mol. The summed E-state index contributed by atoms with van der Waals surface area (Å²) < 4.78 is 1.39. The Morgan fingerprint density at radius 3 is 2.62 bits per heavy atom. The summed E-state index contributed by atoms with van der Waals surface area (Å²) in [7, 11) is 0. The number of nitrogens with two attached hydrogens (primary N) is 3. The largest absolute Gasteiger partial charge is 0.383 e. The number of nitrogen functional groups attached to an aromatic ring is 2. The highest BCUT2D eigenvalue weighted by atomic mass is 35.5. The van der Waals surface area contributed by atoms with E-state index in [2.05, 4.69) is 25.3 Å². The predicted molar refractivity (Wildman–Crippen MR) is 122 cm³/mol. The van der Waals surface area contributed by atoms with E-state index in [4.69, 9.17) is 28.8 Å².